The lowest BCUT2D eigenvalue weighted by molar-refractivity contribution is -0.141. The average Bonchev–Trinajstić information content (AvgIpc) is 2.99. The van der Waals surface area contributed by atoms with Gasteiger partial charge in [0.2, 0.25) is 21.8 Å². The number of nitrogens with zero attached hydrogens (tertiary/aromatic N) is 2. The molecule has 1 N–H and O–H groups in total. The number of rotatable bonds is 13. The molecule has 11 heteroatoms. The molecule has 1 aliphatic rings. The van der Waals surface area contributed by atoms with Gasteiger partial charge in [-0.3, -0.25) is 13.9 Å². The second-order valence-corrected chi connectivity index (χ2v) is 14.1. The third-order valence-electron chi connectivity index (χ3n) is 7.81. The van der Waals surface area contributed by atoms with Gasteiger partial charge in [-0.05, 0) is 54.7 Å². The first kappa shape index (κ1) is 33.6. The fraction of sp³-hybridized carbons (Fsp3) is 0.394. The Morgan fingerprint density at radius 2 is 1.64 bits per heavy atom. The van der Waals surface area contributed by atoms with E-state index in [-0.39, 0.29) is 49.5 Å². The third-order valence-corrected chi connectivity index (χ3v) is 9.50. The molecule has 0 radical (unpaired) electrons. The number of halogens is 3. The summed E-state index contributed by atoms with van der Waals surface area (Å²) in [7, 11) is -3.86. The SMILES string of the molecule is CS(=O)(=O)N(CCCC(=O)N(Cc1cccc(Br)c1)[C@H](Cc1ccccc1)C(=O)NC1CCCCC1)c1ccc(F)c(F)c1. The van der Waals surface area contributed by atoms with E-state index in [4.69, 9.17) is 0 Å². The van der Waals surface area contributed by atoms with Gasteiger partial charge in [-0.2, -0.15) is 0 Å². The van der Waals surface area contributed by atoms with Gasteiger partial charge in [-0.15, -0.1) is 0 Å². The van der Waals surface area contributed by atoms with E-state index >= 15 is 0 Å². The Balaban J connectivity index is 1.59. The van der Waals surface area contributed by atoms with Crippen molar-refractivity contribution in [2.45, 2.75) is 70.0 Å². The van der Waals surface area contributed by atoms with Gasteiger partial charge < -0.3 is 10.2 Å². The zero-order valence-corrected chi connectivity index (χ0v) is 27.1. The molecule has 3 aromatic rings. The van der Waals surface area contributed by atoms with Crippen LogP contribution in [-0.4, -0.2) is 50.0 Å². The Labute approximate surface area is 266 Å². The second-order valence-electron chi connectivity index (χ2n) is 11.2. The van der Waals surface area contributed by atoms with Crippen LogP contribution in [0.15, 0.2) is 77.3 Å². The monoisotopic (exact) mass is 689 g/mol. The predicted octanol–water partition coefficient (Wildman–Crippen LogP) is 6.36. The predicted molar refractivity (Wildman–Crippen MR) is 171 cm³/mol. The van der Waals surface area contributed by atoms with Crippen LogP contribution in [0.25, 0.3) is 0 Å². The molecule has 1 saturated carbocycles. The highest BCUT2D eigenvalue weighted by Gasteiger charge is 2.32. The van der Waals surface area contributed by atoms with Crippen LogP contribution >= 0.6 is 15.9 Å². The van der Waals surface area contributed by atoms with Gasteiger partial charge in [0.25, 0.3) is 0 Å². The molecule has 0 bridgehead atoms. The maximum atomic E-state index is 14.0. The van der Waals surface area contributed by atoms with Crippen molar-refractivity contribution in [3.8, 4) is 0 Å². The minimum atomic E-state index is -3.86. The Morgan fingerprint density at radius 3 is 2.30 bits per heavy atom. The molecule has 1 aliphatic carbocycles. The normalized spacial score (nSPS) is 14.5. The second kappa shape index (κ2) is 15.6. The smallest absolute Gasteiger partial charge is 0.243 e. The van der Waals surface area contributed by atoms with Gasteiger partial charge in [0, 0.05) is 42.5 Å². The van der Waals surface area contributed by atoms with Gasteiger partial charge in [0.05, 0.1) is 11.9 Å². The summed E-state index contributed by atoms with van der Waals surface area (Å²) in [6.45, 7) is 0.0464. The van der Waals surface area contributed by atoms with Crippen molar-refractivity contribution in [2.24, 2.45) is 0 Å². The van der Waals surface area contributed by atoms with E-state index in [0.29, 0.717) is 6.42 Å². The van der Waals surface area contributed by atoms with Crippen LogP contribution in [0.4, 0.5) is 14.5 Å². The molecule has 236 valence electrons. The lowest BCUT2D eigenvalue weighted by Crippen LogP contribution is -2.52. The van der Waals surface area contributed by atoms with Crippen LogP contribution < -0.4 is 9.62 Å². The standard InChI is InChI=1S/C33H38BrF2N3O4S/c1-44(42,43)39(28-17-18-29(35)30(36)22-28)19-9-16-32(40)38(23-25-12-8-13-26(34)20-25)31(21-24-10-4-2-5-11-24)33(41)37-27-14-6-3-7-15-27/h2,4-5,8,10-13,17-18,20,22,27,31H,3,6-7,9,14-16,19,21,23H2,1H3,(H,37,41)/t31-/m1/s1. The summed E-state index contributed by atoms with van der Waals surface area (Å²) in [4.78, 5) is 29.5. The number of benzene rings is 3. The Hall–Kier alpha value is -3.31. The van der Waals surface area contributed by atoms with Crippen LogP contribution in [-0.2, 0) is 32.6 Å². The minimum Gasteiger partial charge on any atom is -0.352 e. The van der Waals surface area contributed by atoms with E-state index in [0.717, 1.165) is 70.4 Å². The molecule has 0 heterocycles. The molecule has 0 saturated heterocycles. The number of sulfonamides is 1. The molecule has 0 aromatic heterocycles. The summed E-state index contributed by atoms with van der Waals surface area (Å²) in [6.07, 6.45) is 6.35. The Kier molecular flexibility index (Phi) is 11.9. The molecule has 7 nitrogen and oxygen atoms in total. The number of carbonyl (C=O) groups excluding carboxylic acids is 2. The quantitative estimate of drug-likeness (QED) is 0.226. The lowest BCUT2D eigenvalue weighted by Gasteiger charge is -2.34. The van der Waals surface area contributed by atoms with Crippen molar-refractivity contribution in [2.75, 3.05) is 17.1 Å². The number of carbonyl (C=O) groups is 2. The van der Waals surface area contributed by atoms with E-state index in [1.165, 1.54) is 6.07 Å². The maximum absolute atomic E-state index is 14.0. The molecule has 0 aliphatic heterocycles. The minimum absolute atomic E-state index is 0.0290. The highest BCUT2D eigenvalue weighted by Crippen LogP contribution is 2.24. The number of hydrogen-bond donors (Lipinski definition) is 1. The third kappa shape index (κ3) is 9.59. The molecule has 0 unspecified atom stereocenters. The number of hydrogen-bond acceptors (Lipinski definition) is 4. The van der Waals surface area contributed by atoms with E-state index in [1.807, 2.05) is 54.6 Å². The molecule has 4 rings (SSSR count). The molecular weight excluding hydrogens is 652 g/mol. The molecule has 2 amide bonds. The van der Waals surface area contributed by atoms with Crippen molar-refractivity contribution in [3.05, 3.63) is 100 Å². The van der Waals surface area contributed by atoms with Crippen LogP contribution in [0.1, 0.15) is 56.1 Å². The fourth-order valence-electron chi connectivity index (χ4n) is 5.57. The van der Waals surface area contributed by atoms with Crippen molar-refractivity contribution in [1.82, 2.24) is 10.2 Å². The molecule has 1 fully saturated rings. The number of amides is 2. The van der Waals surface area contributed by atoms with Crippen LogP contribution in [0.3, 0.4) is 0 Å². The largest absolute Gasteiger partial charge is 0.352 e. The number of nitrogens with one attached hydrogen (secondary N) is 1. The summed E-state index contributed by atoms with van der Waals surface area (Å²) in [6, 6.07) is 19.2. The van der Waals surface area contributed by atoms with Crippen molar-refractivity contribution in [1.29, 1.82) is 0 Å². The molecule has 0 spiro atoms. The maximum Gasteiger partial charge on any atom is 0.243 e. The first-order valence-electron chi connectivity index (χ1n) is 14.8. The van der Waals surface area contributed by atoms with Crippen molar-refractivity contribution < 1.29 is 26.8 Å². The molecule has 3 aromatic carbocycles. The summed E-state index contributed by atoms with van der Waals surface area (Å²) in [5.41, 5.74) is 1.71. The lowest BCUT2D eigenvalue weighted by atomic mass is 9.94. The van der Waals surface area contributed by atoms with Gasteiger partial charge in [-0.25, -0.2) is 17.2 Å². The van der Waals surface area contributed by atoms with Crippen LogP contribution in [0.5, 0.6) is 0 Å². The van der Waals surface area contributed by atoms with Gasteiger partial charge >= 0.3 is 0 Å². The summed E-state index contributed by atoms with van der Waals surface area (Å²) < 4.78 is 54.4. The fourth-order valence-corrected chi connectivity index (χ4v) is 6.98. The van der Waals surface area contributed by atoms with Gasteiger partial charge in [-0.1, -0.05) is 77.7 Å². The Bertz CT molecular complexity index is 1530. The van der Waals surface area contributed by atoms with Crippen LogP contribution in [0, 0.1) is 11.6 Å². The number of anilines is 1. The highest BCUT2D eigenvalue weighted by molar-refractivity contribution is 9.10. The van der Waals surface area contributed by atoms with E-state index < -0.39 is 27.7 Å². The highest BCUT2D eigenvalue weighted by atomic mass is 79.9. The molecule has 1 atom stereocenters. The molecule has 44 heavy (non-hydrogen) atoms. The van der Waals surface area contributed by atoms with Crippen molar-refractivity contribution >= 4 is 43.5 Å². The Morgan fingerprint density at radius 1 is 0.932 bits per heavy atom. The summed E-state index contributed by atoms with van der Waals surface area (Å²) in [5, 5.41) is 3.20. The molecular formula is C33H38BrF2N3O4S. The van der Waals surface area contributed by atoms with E-state index in [9.17, 15) is 26.8 Å². The van der Waals surface area contributed by atoms with E-state index in [1.54, 1.807) is 4.90 Å². The van der Waals surface area contributed by atoms with Crippen LogP contribution in [0.2, 0.25) is 0 Å². The van der Waals surface area contributed by atoms with Gasteiger partial charge in [0.15, 0.2) is 11.6 Å². The van der Waals surface area contributed by atoms with Crippen molar-refractivity contribution in [3.63, 3.8) is 0 Å². The average molecular weight is 691 g/mol. The summed E-state index contributed by atoms with van der Waals surface area (Å²) in [5.74, 6) is -2.79. The summed E-state index contributed by atoms with van der Waals surface area (Å²) >= 11 is 3.49. The first-order chi connectivity index (χ1) is 21.0. The zero-order chi connectivity index (χ0) is 31.7. The topological polar surface area (TPSA) is 86.8 Å². The van der Waals surface area contributed by atoms with E-state index in [2.05, 4.69) is 21.2 Å². The first-order valence-corrected chi connectivity index (χ1v) is 17.5. The van der Waals surface area contributed by atoms with Gasteiger partial charge in [0.1, 0.15) is 6.04 Å². The zero-order valence-electron chi connectivity index (χ0n) is 24.7.